The number of halogens is 1. The molecule has 0 atom stereocenters. The lowest BCUT2D eigenvalue weighted by molar-refractivity contribution is 1.27. The van der Waals surface area contributed by atoms with Gasteiger partial charge in [-0.25, -0.2) is 4.99 Å². The Bertz CT molecular complexity index is 479. The summed E-state index contributed by atoms with van der Waals surface area (Å²) < 4.78 is 0. The van der Waals surface area contributed by atoms with E-state index in [1.165, 1.54) is 16.7 Å². The number of benzene rings is 1. The zero-order valence-electron chi connectivity index (χ0n) is 10.4. The summed E-state index contributed by atoms with van der Waals surface area (Å²) in [6, 6.07) is 6.19. The Hall–Kier alpha value is -1.54. The molecule has 0 amide bonds. The third-order valence-electron chi connectivity index (χ3n) is 2.46. The van der Waals surface area contributed by atoms with E-state index in [9.17, 15) is 0 Å². The predicted octanol–water partition coefficient (Wildman–Crippen LogP) is 3.77. The van der Waals surface area contributed by atoms with Gasteiger partial charge in [0.05, 0.1) is 0 Å². The van der Waals surface area contributed by atoms with Gasteiger partial charge in [0.1, 0.15) is 11.0 Å². The van der Waals surface area contributed by atoms with Crippen LogP contribution >= 0.6 is 11.6 Å². The van der Waals surface area contributed by atoms with Crippen molar-refractivity contribution >= 4 is 22.3 Å². The van der Waals surface area contributed by atoms with E-state index in [1.54, 1.807) is 6.08 Å². The molecule has 1 aromatic rings. The van der Waals surface area contributed by atoms with E-state index < -0.39 is 0 Å². The second-order valence-corrected chi connectivity index (χ2v) is 4.41. The lowest BCUT2D eigenvalue weighted by Gasteiger charge is -2.09. The van der Waals surface area contributed by atoms with E-state index in [-0.39, 0.29) is 5.82 Å². The maximum atomic E-state index is 5.96. The molecule has 0 aliphatic heterocycles. The third kappa shape index (κ3) is 3.75. The van der Waals surface area contributed by atoms with Crippen molar-refractivity contribution in [2.45, 2.75) is 20.8 Å². The second kappa shape index (κ2) is 5.69. The minimum Gasteiger partial charge on any atom is -0.384 e. The maximum Gasteiger partial charge on any atom is 0.131 e. The van der Waals surface area contributed by atoms with Crippen LogP contribution in [0.4, 0.5) is 0 Å². The van der Waals surface area contributed by atoms with Crippen molar-refractivity contribution < 1.29 is 0 Å². The van der Waals surface area contributed by atoms with Gasteiger partial charge in [0.15, 0.2) is 0 Å². The fourth-order valence-corrected chi connectivity index (χ4v) is 2.13. The highest BCUT2D eigenvalue weighted by molar-refractivity contribution is 6.69. The normalized spacial score (nSPS) is 12.7. The van der Waals surface area contributed by atoms with E-state index in [4.69, 9.17) is 17.3 Å². The molecule has 0 aliphatic rings. The molecule has 17 heavy (non-hydrogen) atoms. The minimum absolute atomic E-state index is 0.209. The van der Waals surface area contributed by atoms with Crippen LogP contribution in [0.3, 0.4) is 0 Å². The van der Waals surface area contributed by atoms with Gasteiger partial charge in [-0.2, -0.15) is 0 Å². The first-order valence-electron chi connectivity index (χ1n) is 5.35. The molecule has 1 rings (SSSR count). The molecule has 0 aromatic heterocycles. The topological polar surface area (TPSA) is 38.4 Å². The monoisotopic (exact) mass is 248 g/mol. The summed E-state index contributed by atoms with van der Waals surface area (Å²) in [6.07, 6.45) is 1.80. The molecule has 0 unspecified atom stereocenters. The lowest BCUT2D eigenvalue weighted by atomic mass is 9.97. The SMILES string of the molecule is C=C(N)N=C(Cl)/C=C(\C)c1c(C)cccc1C. The van der Waals surface area contributed by atoms with Gasteiger partial charge in [0.2, 0.25) is 0 Å². The Morgan fingerprint density at radius 3 is 2.35 bits per heavy atom. The molecular weight excluding hydrogens is 232 g/mol. The predicted molar refractivity (Wildman–Crippen MR) is 76.2 cm³/mol. The summed E-state index contributed by atoms with van der Waals surface area (Å²) in [7, 11) is 0. The van der Waals surface area contributed by atoms with Crippen LogP contribution in [0.2, 0.25) is 0 Å². The molecule has 0 heterocycles. The van der Waals surface area contributed by atoms with Crippen molar-refractivity contribution in [1.29, 1.82) is 0 Å². The fourth-order valence-electron chi connectivity index (χ4n) is 1.86. The number of nitrogens with zero attached hydrogens (tertiary/aromatic N) is 1. The van der Waals surface area contributed by atoms with Crippen LogP contribution in [0.5, 0.6) is 0 Å². The summed E-state index contributed by atoms with van der Waals surface area (Å²) in [5.74, 6) is 0.209. The highest BCUT2D eigenvalue weighted by Gasteiger charge is 2.04. The van der Waals surface area contributed by atoms with E-state index in [1.807, 2.05) is 13.0 Å². The van der Waals surface area contributed by atoms with Gasteiger partial charge in [0.25, 0.3) is 0 Å². The smallest absolute Gasteiger partial charge is 0.131 e. The Kier molecular flexibility index (Phi) is 4.53. The molecule has 2 nitrogen and oxygen atoms in total. The Balaban J connectivity index is 3.17. The highest BCUT2D eigenvalue weighted by Crippen LogP contribution is 2.22. The lowest BCUT2D eigenvalue weighted by Crippen LogP contribution is -1.95. The van der Waals surface area contributed by atoms with Crippen LogP contribution in [0.1, 0.15) is 23.6 Å². The standard InChI is InChI=1S/C14H17ClN2/c1-9-6-5-7-10(2)14(9)11(3)8-13(15)17-12(4)16/h5-8H,4,16H2,1-3H3/b11-8+,17-13?. The van der Waals surface area contributed by atoms with Crippen molar-refractivity contribution in [2.75, 3.05) is 0 Å². The fraction of sp³-hybridized carbons (Fsp3) is 0.214. The number of aryl methyl sites for hydroxylation is 2. The van der Waals surface area contributed by atoms with E-state index >= 15 is 0 Å². The van der Waals surface area contributed by atoms with Crippen LogP contribution in [-0.2, 0) is 0 Å². The number of hydrogen-bond acceptors (Lipinski definition) is 2. The Labute approximate surface area is 108 Å². The summed E-state index contributed by atoms with van der Waals surface area (Å²) >= 11 is 5.96. The van der Waals surface area contributed by atoms with Crippen LogP contribution in [0.15, 0.2) is 41.7 Å². The largest absolute Gasteiger partial charge is 0.384 e. The third-order valence-corrected chi connectivity index (χ3v) is 2.66. The summed E-state index contributed by atoms with van der Waals surface area (Å²) in [5.41, 5.74) is 10.1. The first-order chi connectivity index (χ1) is 7.91. The van der Waals surface area contributed by atoms with Crippen LogP contribution in [0, 0.1) is 13.8 Å². The zero-order valence-corrected chi connectivity index (χ0v) is 11.2. The van der Waals surface area contributed by atoms with Crippen LogP contribution < -0.4 is 5.73 Å². The van der Waals surface area contributed by atoms with E-state index in [2.05, 4.69) is 37.6 Å². The second-order valence-electron chi connectivity index (χ2n) is 4.02. The molecule has 0 saturated heterocycles. The maximum absolute atomic E-state index is 5.96. The Morgan fingerprint density at radius 1 is 1.35 bits per heavy atom. The van der Waals surface area contributed by atoms with Crippen LogP contribution in [-0.4, -0.2) is 5.17 Å². The Morgan fingerprint density at radius 2 is 1.88 bits per heavy atom. The first-order valence-corrected chi connectivity index (χ1v) is 5.73. The van der Waals surface area contributed by atoms with Crippen LogP contribution in [0.25, 0.3) is 5.57 Å². The van der Waals surface area contributed by atoms with Gasteiger partial charge in [-0.1, -0.05) is 36.4 Å². The molecule has 0 bridgehead atoms. The van der Waals surface area contributed by atoms with Gasteiger partial charge >= 0.3 is 0 Å². The number of hydrogen-bond donors (Lipinski definition) is 1. The average molecular weight is 249 g/mol. The van der Waals surface area contributed by atoms with Gasteiger partial charge in [-0.15, -0.1) is 0 Å². The molecule has 2 N–H and O–H groups in total. The molecule has 0 saturated carbocycles. The summed E-state index contributed by atoms with van der Waals surface area (Å²) in [6.45, 7) is 9.65. The van der Waals surface area contributed by atoms with E-state index in [0.29, 0.717) is 5.17 Å². The van der Waals surface area contributed by atoms with Gasteiger partial charge in [0, 0.05) is 0 Å². The summed E-state index contributed by atoms with van der Waals surface area (Å²) in [4.78, 5) is 3.89. The highest BCUT2D eigenvalue weighted by atomic mass is 35.5. The van der Waals surface area contributed by atoms with Crippen molar-refractivity contribution in [1.82, 2.24) is 0 Å². The number of nitrogens with two attached hydrogens (primary N) is 1. The average Bonchev–Trinajstić information content (AvgIpc) is 2.15. The first kappa shape index (κ1) is 13.5. The molecule has 0 spiro atoms. The number of rotatable bonds is 3. The molecule has 1 aromatic carbocycles. The van der Waals surface area contributed by atoms with Gasteiger partial charge in [-0.05, 0) is 49.1 Å². The molecule has 0 aliphatic carbocycles. The summed E-state index contributed by atoms with van der Waals surface area (Å²) in [5, 5.41) is 0.345. The van der Waals surface area contributed by atoms with E-state index in [0.717, 1.165) is 5.57 Å². The number of aliphatic imine (C=N–C) groups is 1. The molecular formula is C14H17ClN2. The van der Waals surface area contributed by atoms with Crippen molar-refractivity contribution in [2.24, 2.45) is 10.7 Å². The molecule has 90 valence electrons. The van der Waals surface area contributed by atoms with Crippen molar-refractivity contribution in [3.63, 3.8) is 0 Å². The molecule has 0 radical (unpaired) electrons. The molecule has 3 heteroatoms. The quantitative estimate of drug-likeness (QED) is 0.813. The van der Waals surface area contributed by atoms with Crippen molar-refractivity contribution in [3.8, 4) is 0 Å². The minimum atomic E-state index is 0.209. The van der Waals surface area contributed by atoms with Gasteiger partial charge < -0.3 is 5.73 Å². The van der Waals surface area contributed by atoms with Crippen molar-refractivity contribution in [3.05, 3.63) is 53.4 Å². The molecule has 0 fully saturated rings. The number of allylic oxidation sites excluding steroid dienone is 2. The zero-order chi connectivity index (χ0) is 13.0. The van der Waals surface area contributed by atoms with Gasteiger partial charge in [-0.3, -0.25) is 0 Å².